The highest BCUT2D eigenvalue weighted by molar-refractivity contribution is 7.99. The summed E-state index contributed by atoms with van der Waals surface area (Å²) in [7, 11) is 0. The van der Waals surface area contributed by atoms with E-state index in [1.807, 2.05) is 0 Å². The highest BCUT2D eigenvalue weighted by Gasteiger charge is 2.36. The predicted molar refractivity (Wildman–Crippen MR) is 121 cm³/mol. The number of piperazine rings is 1. The zero-order chi connectivity index (χ0) is 27.7. The number of anilines is 1. The lowest BCUT2D eigenvalue weighted by Gasteiger charge is -2.38. The van der Waals surface area contributed by atoms with E-state index < -0.39 is 38.1 Å². The molecule has 0 saturated carbocycles. The molecule has 0 spiro atoms. The largest absolute Gasteiger partial charge is 0.354 e. The Morgan fingerprint density at radius 3 is 2.77 bits per heavy atom. The molecule has 0 aliphatic carbocycles. The number of hydrogen-bond donors (Lipinski definition) is 1. The van der Waals surface area contributed by atoms with Crippen molar-refractivity contribution < 1.29 is 15.8 Å². The molecule has 5 rings (SSSR count). The predicted octanol–water partition coefficient (Wildman–Crippen LogP) is 1.57. The molecule has 3 aliphatic rings. The van der Waals surface area contributed by atoms with E-state index in [9.17, 15) is 4.79 Å². The second kappa shape index (κ2) is 8.61. The van der Waals surface area contributed by atoms with Gasteiger partial charge in [0.05, 0.1) is 28.8 Å². The summed E-state index contributed by atoms with van der Waals surface area (Å²) in [5, 5.41) is 7.42. The van der Waals surface area contributed by atoms with Gasteiger partial charge in [-0.2, -0.15) is 5.10 Å². The van der Waals surface area contributed by atoms with Crippen LogP contribution >= 0.6 is 11.8 Å². The van der Waals surface area contributed by atoms with Gasteiger partial charge in [-0.05, 0) is 25.5 Å². The summed E-state index contributed by atoms with van der Waals surface area (Å²) in [4.78, 5) is 15.8. The number of nitrogens with zero attached hydrogens (tertiary/aromatic N) is 5. The molecule has 7 nitrogen and oxygen atoms in total. The number of aryl methyl sites for hydroxylation is 1. The molecule has 0 bridgehead atoms. The van der Waals surface area contributed by atoms with Gasteiger partial charge in [-0.3, -0.25) is 9.69 Å². The van der Waals surface area contributed by atoms with Crippen molar-refractivity contribution in [2.75, 3.05) is 55.6 Å². The monoisotopic (exact) mass is 434 g/mol. The third-order valence-electron chi connectivity index (χ3n) is 5.44. The highest BCUT2D eigenvalue weighted by atomic mass is 32.2. The average molecular weight is 435 g/mol. The van der Waals surface area contributed by atoms with Crippen molar-refractivity contribution in [3.05, 3.63) is 42.1 Å². The van der Waals surface area contributed by atoms with Gasteiger partial charge in [-0.25, -0.2) is 4.68 Å². The van der Waals surface area contributed by atoms with Crippen LogP contribution in [-0.2, 0) is 4.79 Å². The van der Waals surface area contributed by atoms with Crippen molar-refractivity contribution in [2.45, 2.75) is 25.4 Å². The number of carbonyl (C=O) groups excluding carboxylic acids is 1. The number of benzene rings is 1. The molecule has 0 unspecified atom stereocenters. The lowest BCUT2D eigenvalue weighted by molar-refractivity contribution is -0.131. The molecule has 160 valence electrons. The minimum Gasteiger partial charge on any atom is -0.354 e. The van der Waals surface area contributed by atoms with Gasteiger partial charge < -0.3 is 15.1 Å². The first-order valence-corrected chi connectivity index (χ1v) is 11.2. The fourth-order valence-electron chi connectivity index (χ4n) is 3.88. The molecule has 1 aromatic carbocycles. The van der Waals surface area contributed by atoms with Gasteiger partial charge >= 0.3 is 0 Å². The molecule has 1 aromatic heterocycles. The van der Waals surface area contributed by atoms with Crippen LogP contribution in [0.15, 0.2) is 36.4 Å². The fraction of sp³-hybridized carbons (Fsp3) is 0.545. The van der Waals surface area contributed by atoms with Gasteiger partial charge in [0.1, 0.15) is 5.82 Å². The van der Waals surface area contributed by atoms with E-state index in [4.69, 9.17) is 11.0 Å². The number of carbonyl (C=O) groups is 1. The number of hydrogen-bond acceptors (Lipinski definition) is 6. The number of aromatic nitrogens is 2. The Morgan fingerprint density at radius 2 is 2.03 bits per heavy atom. The van der Waals surface area contributed by atoms with Crippen molar-refractivity contribution in [2.24, 2.45) is 0 Å². The first-order valence-electron chi connectivity index (χ1n) is 14.0. The lowest BCUT2D eigenvalue weighted by Crippen LogP contribution is -2.51. The zero-order valence-corrected chi connectivity index (χ0v) is 17.5. The third kappa shape index (κ3) is 3.96. The molecular weight excluding hydrogens is 396 g/mol. The lowest BCUT2D eigenvalue weighted by atomic mass is 10.1. The van der Waals surface area contributed by atoms with E-state index in [2.05, 4.69) is 10.4 Å². The number of amides is 1. The number of rotatable bonds is 4. The van der Waals surface area contributed by atoms with E-state index in [1.54, 1.807) is 53.9 Å². The summed E-state index contributed by atoms with van der Waals surface area (Å²) >= 11 is 1.63. The Hall–Kier alpha value is -2.03. The van der Waals surface area contributed by atoms with E-state index in [1.165, 1.54) is 10.7 Å². The van der Waals surface area contributed by atoms with Gasteiger partial charge in [-0.15, -0.1) is 11.8 Å². The topological polar surface area (TPSA) is 56.6 Å². The Kier molecular flexibility index (Phi) is 3.65. The highest BCUT2D eigenvalue weighted by Crippen LogP contribution is 2.25. The molecule has 30 heavy (non-hydrogen) atoms. The molecule has 8 heteroatoms. The minimum atomic E-state index is -3.03. The van der Waals surface area contributed by atoms with Crippen molar-refractivity contribution in [3.8, 4) is 5.69 Å². The summed E-state index contributed by atoms with van der Waals surface area (Å²) in [6, 6.07) is 8.43. The summed E-state index contributed by atoms with van der Waals surface area (Å²) in [5.74, 6) is 1.11. The number of para-hydroxylation sites is 1. The molecule has 2 atom stereocenters. The Morgan fingerprint density at radius 1 is 1.23 bits per heavy atom. The number of thioether (sulfide) groups is 1. The maximum absolute atomic E-state index is 12.9. The normalized spacial score (nSPS) is 35.9. The van der Waals surface area contributed by atoms with Crippen molar-refractivity contribution in [3.63, 3.8) is 0 Å². The average Bonchev–Trinajstić information content (AvgIpc) is 3.60. The smallest absolute Gasteiger partial charge is 0.240 e. The van der Waals surface area contributed by atoms with E-state index in [0.717, 1.165) is 5.75 Å². The summed E-state index contributed by atoms with van der Waals surface area (Å²) in [6.07, 6.45) is 0.0340. The van der Waals surface area contributed by atoms with Gasteiger partial charge in [0, 0.05) is 62.4 Å². The maximum atomic E-state index is 12.9. The van der Waals surface area contributed by atoms with Crippen molar-refractivity contribution in [1.82, 2.24) is 24.9 Å². The molecule has 1 N–H and O–H groups in total. The van der Waals surface area contributed by atoms with Crippen LogP contribution in [0.5, 0.6) is 0 Å². The van der Waals surface area contributed by atoms with E-state index >= 15 is 0 Å². The fourth-order valence-corrected chi connectivity index (χ4v) is 4.83. The molecule has 2 aromatic rings. The Labute approximate surface area is 193 Å². The standard InChI is InChI=1S/C22H30N6OS/c1-17-13-21(28(24-17)18-5-3-2-4-6-18)26-9-7-25(8-10-26)19-14-20(23-15-19)22(29)27-11-12-30-16-27/h2-6,13,19-20,23H,7-12,14-16H2,1H3/t19-,20-/m0/s1/i7D2,8D2,9D2,10D2. The second-order valence-electron chi connectivity index (χ2n) is 7.53. The van der Waals surface area contributed by atoms with Crippen LogP contribution in [0.4, 0.5) is 5.82 Å². The van der Waals surface area contributed by atoms with Crippen molar-refractivity contribution in [1.29, 1.82) is 0 Å². The van der Waals surface area contributed by atoms with E-state index in [-0.39, 0.29) is 24.7 Å². The van der Waals surface area contributed by atoms with Gasteiger partial charge in [-0.1, -0.05) is 18.2 Å². The van der Waals surface area contributed by atoms with Crippen LogP contribution in [0.2, 0.25) is 0 Å². The van der Waals surface area contributed by atoms with Gasteiger partial charge in [0.15, 0.2) is 0 Å². The molecule has 1 amide bonds. The quantitative estimate of drug-likeness (QED) is 0.788. The third-order valence-corrected chi connectivity index (χ3v) is 6.41. The summed E-state index contributed by atoms with van der Waals surface area (Å²) in [6.45, 7) is -9.78. The zero-order valence-electron chi connectivity index (χ0n) is 24.7. The minimum absolute atomic E-state index is 0.0175. The SMILES string of the molecule is [2H]C1([2H])N(c2cc(C)nn2-c2ccccc2)C([2H])([2H])C([2H])([2H])N([C@@H]2CN[C@H](C(=O)N3CCSC3)C2)C1([2H])[2H]. The molecule has 0 radical (unpaired) electrons. The van der Waals surface area contributed by atoms with Gasteiger partial charge in [0.2, 0.25) is 5.91 Å². The second-order valence-corrected chi connectivity index (χ2v) is 8.61. The number of nitrogens with one attached hydrogen (secondary N) is 1. The van der Waals surface area contributed by atoms with Crippen molar-refractivity contribution >= 4 is 23.5 Å². The maximum Gasteiger partial charge on any atom is 0.240 e. The van der Waals surface area contributed by atoms with Gasteiger partial charge in [0.25, 0.3) is 0 Å². The van der Waals surface area contributed by atoms with Crippen LogP contribution in [0.25, 0.3) is 5.69 Å². The Balaban J connectivity index is 1.54. The Bertz CT molecular complexity index is 1180. The summed E-state index contributed by atoms with van der Waals surface area (Å²) < 4.78 is 72.6. The van der Waals surface area contributed by atoms with E-state index in [0.29, 0.717) is 33.6 Å². The van der Waals surface area contributed by atoms with Crippen LogP contribution in [0.1, 0.15) is 23.1 Å². The molecule has 3 aliphatic heterocycles. The van der Waals surface area contributed by atoms with Crippen LogP contribution in [0, 0.1) is 6.92 Å². The molecular formula is C22H30N6OS. The van der Waals surface area contributed by atoms with Crippen LogP contribution < -0.4 is 10.2 Å². The van der Waals surface area contributed by atoms with Crippen LogP contribution in [0.3, 0.4) is 0 Å². The molecule has 3 saturated heterocycles. The first kappa shape index (κ1) is 12.7. The molecule has 3 fully saturated rings. The molecule has 4 heterocycles. The first-order chi connectivity index (χ1) is 17.7. The van der Waals surface area contributed by atoms with Crippen LogP contribution in [-0.4, -0.2) is 88.3 Å². The summed E-state index contributed by atoms with van der Waals surface area (Å²) in [5.41, 5.74) is 0.924.